The van der Waals surface area contributed by atoms with Crippen molar-refractivity contribution in [1.82, 2.24) is 5.32 Å². The van der Waals surface area contributed by atoms with Crippen LogP contribution in [-0.2, 0) is 20.8 Å². The molecular weight excluding hydrogens is 342 g/mol. The molecule has 0 spiro atoms. The number of amides is 3. The van der Waals surface area contributed by atoms with Gasteiger partial charge in [-0.3, -0.25) is 14.4 Å². The smallest absolute Gasteiger partial charge is 0.226 e. The van der Waals surface area contributed by atoms with E-state index in [9.17, 15) is 14.4 Å². The highest BCUT2D eigenvalue weighted by Gasteiger charge is 2.23. The maximum atomic E-state index is 12.5. The Bertz CT molecular complexity index is 864. The summed E-state index contributed by atoms with van der Waals surface area (Å²) >= 11 is 0. The van der Waals surface area contributed by atoms with Crippen LogP contribution in [0.3, 0.4) is 0 Å². The number of carbonyl (C=O) groups excluding carboxylic acids is 3. The maximum Gasteiger partial charge on any atom is 0.226 e. The van der Waals surface area contributed by atoms with Gasteiger partial charge >= 0.3 is 0 Å². The topological polar surface area (TPSA) is 78.5 Å². The molecule has 1 atom stereocenters. The lowest BCUT2D eigenvalue weighted by Crippen LogP contribution is -2.29. The Morgan fingerprint density at radius 3 is 2.48 bits per heavy atom. The predicted molar refractivity (Wildman–Crippen MR) is 104 cm³/mol. The van der Waals surface area contributed by atoms with E-state index >= 15 is 0 Å². The van der Waals surface area contributed by atoms with Crippen LogP contribution in [0.1, 0.15) is 37.4 Å². The minimum Gasteiger partial charge on any atom is -0.349 e. The summed E-state index contributed by atoms with van der Waals surface area (Å²) in [4.78, 5) is 37.4. The number of nitrogens with zero attached hydrogens (tertiary/aromatic N) is 1. The number of nitrogens with one attached hydrogen (secondary N) is 2. The van der Waals surface area contributed by atoms with Gasteiger partial charge < -0.3 is 15.5 Å². The first-order valence-electron chi connectivity index (χ1n) is 8.97. The summed E-state index contributed by atoms with van der Waals surface area (Å²) in [7, 11) is 0. The standard InChI is InChI=1S/C21H23N3O3/c1-14(25)22-19(16-6-4-3-5-7-16)13-21(27)23-18-8-9-20-17(12-18)10-11-24(20)15(2)26/h3-9,12,19H,10-11,13H2,1-2H3,(H,22,25)(H,23,27). The Balaban J connectivity index is 1.69. The average Bonchev–Trinajstić information content (AvgIpc) is 3.05. The molecule has 6 heteroatoms. The fourth-order valence-corrected chi connectivity index (χ4v) is 3.39. The number of benzene rings is 2. The van der Waals surface area contributed by atoms with E-state index in [0.717, 1.165) is 23.2 Å². The van der Waals surface area contributed by atoms with Gasteiger partial charge in [-0.15, -0.1) is 0 Å². The Morgan fingerprint density at radius 1 is 1.07 bits per heavy atom. The van der Waals surface area contributed by atoms with Crippen molar-refractivity contribution in [2.75, 3.05) is 16.8 Å². The molecule has 2 aromatic carbocycles. The number of hydrogen-bond donors (Lipinski definition) is 2. The van der Waals surface area contributed by atoms with Crippen molar-refractivity contribution in [1.29, 1.82) is 0 Å². The van der Waals surface area contributed by atoms with Gasteiger partial charge in [0.1, 0.15) is 0 Å². The van der Waals surface area contributed by atoms with E-state index in [1.54, 1.807) is 17.9 Å². The summed E-state index contributed by atoms with van der Waals surface area (Å²) in [6.07, 6.45) is 0.914. The molecule has 0 aliphatic carbocycles. The molecular formula is C21H23N3O3. The zero-order chi connectivity index (χ0) is 19.4. The molecule has 1 aliphatic heterocycles. The quantitative estimate of drug-likeness (QED) is 0.855. The highest BCUT2D eigenvalue weighted by Crippen LogP contribution is 2.30. The molecule has 0 aromatic heterocycles. The van der Waals surface area contributed by atoms with E-state index in [2.05, 4.69) is 10.6 Å². The van der Waals surface area contributed by atoms with E-state index in [0.29, 0.717) is 12.2 Å². The third kappa shape index (κ3) is 4.53. The molecule has 0 saturated heterocycles. The molecule has 2 N–H and O–H groups in total. The molecule has 140 valence electrons. The van der Waals surface area contributed by atoms with Crippen molar-refractivity contribution in [3.63, 3.8) is 0 Å². The molecule has 0 fully saturated rings. The summed E-state index contributed by atoms with van der Waals surface area (Å²) in [5, 5.41) is 5.72. The van der Waals surface area contributed by atoms with Gasteiger partial charge in [0.2, 0.25) is 17.7 Å². The molecule has 27 heavy (non-hydrogen) atoms. The van der Waals surface area contributed by atoms with E-state index in [1.807, 2.05) is 42.5 Å². The molecule has 0 radical (unpaired) electrons. The predicted octanol–water partition coefficient (Wildman–Crippen LogP) is 2.80. The Kier molecular flexibility index (Phi) is 5.54. The summed E-state index contributed by atoms with van der Waals surface area (Å²) in [6, 6.07) is 14.6. The number of fused-ring (bicyclic) bond motifs is 1. The number of rotatable bonds is 5. The van der Waals surface area contributed by atoms with Crippen molar-refractivity contribution in [3.8, 4) is 0 Å². The zero-order valence-electron chi connectivity index (χ0n) is 15.5. The van der Waals surface area contributed by atoms with Gasteiger partial charge in [0.25, 0.3) is 0 Å². The van der Waals surface area contributed by atoms with Crippen LogP contribution in [0.4, 0.5) is 11.4 Å². The second-order valence-electron chi connectivity index (χ2n) is 6.68. The SMILES string of the molecule is CC(=O)NC(CC(=O)Nc1ccc2c(c1)CCN2C(C)=O)c1ccccc1. The summed E-state index contributed by atoms with van der Waals surface area (Å²) in [5.41, 5.74) is 3.53. The normalized spacial score (nSPS) is 13.6. The second kappa shape index (κ2) is 8.03. The fourth-order valence-electron chi connectivity index (χ4n) is 3.39. The lowest BCUT2D eigenvalue weighted by molar-refractivity contribution is -0.120. The molecule has 3 rings (SSSR count). The van der Waals surface area contributed by atoms with E-state index < -0.39 is 0 Å². The Hall–Kier alpha value is -3.15. The molecule has 2 aromatic rings. The monoisotopic (exact) mass is 365 g/mol. The zero-order valence-corrected chi connectivity index (χ0v) is 15.5. The van der Waals surface area contributed by atoms with Gasteiger partial charge in [0, 0.05) is 31.8 Å². The number of hydrogen-bond acceptors (Lipinski definition) is 3. The molecule has 6 nitrogen and oxygen atoms in total. The van der Waals surface area contributed by atoms with Crippen molar-refractivity contribution >= 4 is 29.1 Å². The van der Waals surface area contributed by atoms with E-state index in [4.69, 9.17) is 0 Å². The minimum absolute atomic E-state index is 0.0199. The minimum atomic E-state index is -0.383. The number of carbonyl (C=O) groups is 3. The van der Waals surface area contributed by atoms with Gasteiger partial charge in [-0.25, -0.2) is 0 Å². The molecule has 0 bridgehead atoms. The molecule has 1 heterocycles. The molecule has 3 amide bonds. The first-order valence-corrected chi connectivity index (χ1v) is 8.97. The van der Waals surface area contributed by atoms with Gasteiger partial charge in [-0.1, -0.05) is 30.3 Å². The Morgan fingerprint density at radius 2 is 1.81 bits per heavy atom. The van der Waals surface area contributed by atoms with Crippen LogP contribution in [0.2, 0.25) is 0 Å². The van der Waals surface area contributed by atoms with Crippen LogP contribution in [0.15, 0.2) is 48.5 Å². The van der Waals surface area contributed by atoms with Crippen LogP contribution < -0.4 is 15.5 Å². The lowest BCUT2D eigenvalue weighted by Gasteiger charge is -2.18. The first kappa shape index (κ1) is 18.6. The third-order valence-electron chi connectivity index (χ3n) is 4.61. The molecule has 0 saturated carbocycles. The van der Waals surface area contributed by atoms with Gasteiger partial charge in [0.15, 0.2) is 0 Å². The van der Waals surface area contributed by atoms with Gasteiger partial charge in [0.05, 0.1) is 12.5 Å². The van der Waals surface area contributed by atoms with Crippen molar-refractivity contribution in [2.45, 2.75) is 32.7 Å². The van der Waals surface area contributed by atoms with Crippen LogP contribution in [0.25, 0.3) is 0 Å². The molecule has 1 aliphatic rings. The first-order chi connectivity index (χ1) is 12.9. The van der Waals surface area contributed by atoms with Crippen LogP contribution >= 0.6 is 0 Å². The lowest BCUT2D eigenvalue weighted by atomic mass is 10.0. The van der Waals surface area contributed by atoms with Crippen molar-refractivity contribution in [3.05, 3.63) is 59.7 Å². The second-order valence-corrected chi connectivity index (χ2v) is 6.68. The van der Waals surface area contributed by atoms with Crippen LogP contribution in [0.5, 0.6) is 0 Å². The van der Waals surface area contributed by atoms with E-state index in [-0.39, 0.29) is 30.2 Å². The van der Waals surface area contributed by atoms with Gasteiger partial charge in [-0.05, 0) is 35.7 Å². The van der Waals surface area contributed by atoms with Gasteiger partial charge in [-0.2, -0.15) is 0 Å². The third-order valence-corrected chi connectivity index (χ3v) is 4.61. The number of anilines is 2. The van der Waals surface area contributed by atoms with E-state index in [1.165, 1.54) is 6.92 Å². The van der Waals surface area contributed by atoms with Crippen LogP contribution in [-0.4, -0.2) is 24.3 Å². The Labute approximate surface area is 158 Å². The summed E-state index contributed by atoms with van der Waals surface area (Å²) in [5.74, 6) is -0.343. The average molecular weight is 365 g/mol. The largest absolute Gasteiger partial charge is 0.349 e. The van der Waals surface area contributed by atoms with Crippen molar-refractivity contribution in [2.24, 2.45) is 0 Å². The fraction of sp³-hybridized carbons (Fsp3) is 0.286. The highest BCUT2D eigenvalue weighted by atomic mass is 16.2. The summed E-state index contributed by atoms with van der Waals surface area (Å²) < 4.78 is 0. The molecule has 1 unspecified atom stereocenters. The van der Waals surface area contributed by atoms with Crippen molar-refractivity contribution < 1.29 is 14.4 Å². The highest BCUT2D eigenvalue weighted by molar-refractivity contribution is 5.95. The van der Waals surface area contributed by atoms with Crippen LogP contribution in [0, 0.1) is 0 Å². The maximum absolute atomic E-state index is 12.5. The summed E-state index contributed by atoms with van der Waals surface area (Å²) in [6.45, 7) is 3.66.